The molecule has 5 nitrogen and oxygen atoms in total. The number of thiophene rings is 1. The maximum atomic E-state index is 10.7. The van der Waals surface area contributed by atoms with Gasteiger partial charge in [0, 0.05) is 17.1 Å². The normalized spacial score (nSPS) is 10.6. The molecule has 72 valence electrons. The van der Waals surface area contributed by atoms with Crippen LogP contribution in [0, 0.1) is 10.1 Å². The zero-order chi connectivity index (χ0) is 10.3. The average Bonchev–Trinajstić information content (AvgIpc) is 2.42. The molecular formula is C8H6N2O3S. The van der Waals surface area contributed by atoms with E-state index in [-0.39, 0.29) is 10.8 Å². The lowest BCUT2D eigenvalue weighted by atomic mass is 10.2. The van der Waals surface area contributed by atoms with Crippen LogP contribution in [0.1, 0.15) is 0 Å². The number of nitrogens with two attached hydrogens (primary N) is 1. The maximum absolute atomic E-state index is 10.7. The summed E-state index contributed by atoms with van der Waals surface area (Å²) in [7, 11) is 0. The summed E-state index contributed by atoms with van der Waals surface area (Å²) in [5.74, 6) is 0. The third kappa shape index (κ3) is 1.25. The van der Waals surface area contributed by atoms with Gasteiger partial charge in [-0.3, -0.25) is 10.1 Å². The third-order valence-corrected chi connectivity index (χ3v) is 2.78. The van der Waals surface area contributed by atoms with Crippen molar-refractivity contribution in [3.8, 4) is 5.06 Å². The number of benzene rings is 1. The van der Waals surface area contributed by atoms with Gasteiger partial charge in [-0.15, -0.1) is 0 Å². The first kappa shape index (κ1) is 8.76. The fourth-order valence-electron chi connectivity index (χ4n) is 1.28. The van der Waals surface area contributed by atoms with E-state index in [0.29, 0.717) is 15.8 Å². The summed E-state index contributed by atoms with van der Waals surface area (Å²) in [4.78, 5) is 10.1. The van der Waals surface area contributed by atoms with Crippen molar-refractivity contribution in [1.82, 2.24) is 0 Å². The van der Waals surface area contributed by atoms with Crippen molar-refractivity contribution >= 4 is 32.8 Å². The Kier molecular flexibility index (Phi) is 1.78. The summed E-state index contributed by atoms with van der Waals surface area (Å²) in [5, 5.41) is 20.5. The van der Waals surface area contributed by atoms with Crippen LogP contribution in [0.4, 0.5) is 11.4 Å². The van der Waals surface area contributed by atoms with Crippen LogP contribution in [0.5, 0.6) is 5.06 Å². The molecule has 0 saturated carbocycles. The summed E-state index contributed by atoms with van der Waals surface area (Å²) >= 11 is 0.974. The van der Waals surface area contributed by atoms with Gasteiger partial charge in [0.2, 0.25) is 0 Å². The first-order chi connectivity index (χ1) is 6.58. The van der Waals surface area contributed by atoms with Gasteiger partial charge < -0.3 is 10.8 Å². The van der Waals surface area contributed by atoms with Gasteiger partial charge in [0.05, 0.1) is 4.92 Å². The maximum Gasteiger partial charge on any atom is 0.289 e. The fraction of sp³-hybridized carbons (Fsp3) is 0. The van der Waals surface area contributed by atoms with Gasteiger partial charge in [0.15, 0.2) is 5.06 Å². The molecule has 1 aromatic carbocycles. The lowest BCUT2D eigenvalue weighted by Gasteiger charge is -1.95. The molecular weight excluding hydrogens is 204 g/mol. The van der Waals surface area contributed by atoms with Crippen LogP contribution in [-0.4, -0.2) is 10.0 Å². The summed E-state index contributed by atoms with van der Waals surface area (Å²) in [6.07, 6.45) is 0. The van der Waals surface area contributed by atoms with E-state index < -0.39 is 4.92 Å². The molecule has 0 aliphatic carbocycles. The van der Waals surface area contributed by atoms with Gasteiger partial charge in [0.25, 0.3) is 5.69 Å². The Balaban J connectivity index is 2.85. The first-order valence-electron chi connectivity index (χ1n) is 3.74. The minimum atomic E-state index is -0.505. The number of nitro benzene ring substituents is 1. The molecule has 1 aromatic heterocycles. The molecule has 3 N–H and O–H groups in total. The van der Waals surface area contributed by atoms with Gasteiger partial charge in [0.1, 0.15) is 4.70 Å². The standard InChI is InChI=1S/C8H6N2O3S/c9-5-1-4-2-7(11)14-8(4)6(3-5)10(12)13/h1-3,11H,9H2. The molecule has 2 rings (SSSR count). The molecule has 0 fully saturated rings. The molecule has 1 heterocycles. The number of anilines is 1. The van der Waals surface area contributed by atoms with Crippen molar-refractivity contribution in [3.63, 3.8) is 0 Å². The predicted molar refractivity (Wildman–Crippen MR) is 54.6 cm³/mol. The number of nitro groups is 1. The predicted octanol–water partition coefficient (Wildman–Crippen LogP) is 2.10. The lowest BCUT2D eigenvalue weighted by Crippen LogP contribution is -1.91. The number of nitrogen functional groups attached to an aromatic ring is 1. The van der Waals surface area contributed by atoms with E-state index in [1.54, 1.807) is 6.07 Å². The minimum Gasteiger partial charge on any atom is -0.499 e. The Bertz CT molecular complexity index is 521. The number of nitrogens with zero attached hydrogens (tertiary/aromatic N) is 1. The molecule has 0 aliphatic rings. The van der Waals surface area contributed by atoms with Gasteiger partial charge in [-0.2, -0.15) is 0 Å². The first-order valence-corrected chi connectivity index (χ1v) is 4.56. The van der Waals surface area contributed by atoms with Crippen LogP contribution in [0.3, 0.4) is 0 Å². The van der Waals surface area contributed by atoms with Gasteiger partial charge >= 0.3 is 0 Å². The van der Waals surface area contributed by atoms with E-state index in [2.05, 4.69) is 0 Å². The van der Waals surface area contributed by atoms with Crippen molar-refractivity contribution in [3.05, 3.63) is 28.3 Å². The lowest BCUT2D eigenvalue weighted by molar-refractivity contribution is -0.382. The van der Waals surface area contributed by atoms with Crippen molar-refractivity contribution in [2.75, 3.05) is 5.73 Å². The fourth-order valence-corrected chi connectivity index (χ4v) is 2.15. The quantitative estimate of drug-likeness (QED) is 0.428. The second-order valence-corrected chi connectivity index (χ2v) is 3.83. The molecule has 0 unspecified atom stereocenters. The van der Waals surface area contributed by atoms with Gasteiger partial charge in [-0.25, -0.2) is 0 Å². The zero-order valence-corrected chi connectivity index (χ0v) is 7.75. The highest BCUT2D eigenvalue weighted by Crippen LogP contribution is 2.38. The number of hydrogen-bond acceptors (Lipinski definition) is 5. The molecule has 0 radical (unpaired) electrons. The summed E-state index contributed by atoms with van der Waals surface area (Å²) < 4.78 is 0.446. The average molecular weight is 210 g/mol. The summed E-state index contributed by atoms with van der Waals surface area (Å²) in [6.45, 7) is 0. The monoisotopic (exact) mass is 210 g/mol. The van der Waals surface area contributed by atoms with Crippen molar-refractivity contribution in [2.45, 2.75) is 0 Å². The third-order valence-electron chi connectivity index (χ3n) is 1.80. The Morgan fingerprint density at radius 3 is 2.79 bits per heavy atom. The zero-order valence-electron chi connectivity index (χ0n) is 6.93. The van der Waals surface area contributed by atoms with E-state index >= 15 is 0 Å². The van der Waals surface area contributed by atoms with Crippen LogP contribution in [-0.2, 0) is 0 Å². The summed E-state index contributed by atoms with van der Waals surface area (Å²) in [6, 6.07) is 4.35. The van der Waals surface area contributed by atoms with E-state index in [1.165, 1.54) is 12.1 Å². The Morgan fingerprint density at radius 1 is 1.43 bits per heavy atom. The number of fused-ring (bicyclic) bond motifs is 1. The van der Waals surface area contributed by atoms with Crippen LogP contribution in [0.15, 0.2) is 18.2 Å². The highest BCUT2D eigenvalue weighted by atomic mass is 32.1. The van der Waals surface area contributed by atoms with Gasteiger partial charge in [-0.05, 0) is 12.1 Å². The van der Waals surface area contributed by atoms with Crippen LogP contribution < -0.4 is 5.73 Å². The molecule has 0 aliphatic heterocycles. The molecule has 0 bridgehead atoms. The molecule has 0 spiro atoms. The number of hydrogen-bond donors (Lipinski definition) is 2. The van der Waals surface area contributed by atoms with Crippen LogP contribution in [0.25, 0.3) is 10.1 Å². The topological polar surface area (TPSA) is 89.4 Å². The van der Waals surface area contributed by atoms with Crippen molar-refractivity contribution in [2.24, 2.45) is 0 Å². The van der Waals surface area contributed by atoms with Crippen molar-refractivity contribution < 1.29 is 10.0 Å². The Morgan fingerprint density at radius 2 is 2.14 bits per heavy atom. The van der Waals surface area contributed by atoms with E-state index in [4.69, 9.17) is 5.73 Å². The molecule has 0 saturated heterocycles. The minimum absolute atomic E-state index is 0.0497. The Hall–Kier alpha value is -1.82. The Labute approximate surface area is 82.5 Å². The second-order valence-electron chi connectivity index (χ2n) is 2.80. The molecule has 14 heavy (non-hydrogen) atoms. The molecule has 6 heteroatoms. The van der Waals surface area contributed by atoms with E-state index in [9.17, 15) is 15.2 Å². The van der Waals surface area contributed by atoms with Crippen molar-refractivity contribution in [1.29, 1.82) is 0 Å². The van der Waals surface area contributed by atoms with E-state index in [0.717, 1.165) is 11.3 Å². The van der Waals surface area contributed by atoms with Crippen LogP contribution >= 0.6 is 11.3 Å². The molecule has 2 aromatic rings. The van der Waals surface area contributed by atoms with E-state index in [1.807, 2.05) is 0 Å². The smallest absolute Gasteiger partial charge is 0.289 e. The molecule has 0 atom stereocenters. The molecule has 0 amide bonds. The van der Waals surface area contributed by atoms with Crippen LogP contribution in [0.2, 0.25) is 0 Å². The number of rotatable bonds is 1. The number of aromatic hydroxyl groups is 1. The highest BCUT2D eigenvalue weighted by Gasteiger charge is 2.15. The highest BCUT2D eigenvalue weighted by molar-refractivity contribution is 7.21. The largest absolute Gasteiger partial charge is 0.499 e. The second kappa shape index (κ2) is 2.85. The summed E-state index contributed by atoms with van der Waals surface area (Å²) in [5.41, 5.74) is 5.75. The SMILES string of the molecule is Nc1cc([N+](=O)[O-])c2sc(O)cc2c1. The van der Waals surface area contributed by atoms with Gasteiger partial charge in [-0.1, -0.05) is 11.3 Å². The number of non-ortho nitro benzene ring substituents is 1.